The van der Waals surface area contributed by atoms with Crippen LogP contribution in [0.25, 0.3) is 0 Å². The van der Waals surface area contributed by atoms with Crippen LogP contribution in [0.1, 0.15) is 16.7 Å². The molecule has 0 heterocycles. The molecule has 0 bridgehead atoms. The Labute approximate surface area is 126 Å². The van der Waals surface area contributed by atoms with E-state index in [1.807, 2.05) is 38.1 Å². The minimum atomic E-state index is -3.57. The van der Waals surface area contributed by atoms with Crippen molar-refractivity contribution in [2.45, 2.75) is 25.2 Å². The maximum atomic E-state index is 12.2. The van der Waals surface area contributed by atoms with Crippen molar-refractivity contribution >= 4 is 15.7 Å². The number of sulfonamides is 1. The number of rotatable bonds is 5. The molecule has 0 atom stereocenters. The molecule has 0 aromatic heterocycles. The first kappa shape index (κ1) is 15.5. The molecule has 2 aromatic carbocycles. The van der Waals surface area contributed by atoms with Gasteiger partial charge in [0.05, 0.1) is 5.69 Å². The third-order valence-corrected chi connectivity index (χ3v) is 4.94. The molecule has 112 valence electrons. The molecule has 3 N–H and O–H groups in total. The number of nitrogens with two attached hydrogens (primary N) is 1. The zero-order valence-electron chi connectivity index (χ0n) is 12.3. The van der Waals surface area contributed by atoms with E-state index in [1.165, 1.54) is 0 Å². The molecule has 5 heteroatoms. The van der Waals surface area contributed by atoms with Gasteiger partial charge in [0, 0.05) is 6.54 Å². The molecule has 0 aliphatic heterocycles. The molecule has 0 saturated heterocycles. The quantitative estimate of drug-likeness (QED) is 0.833. The van der Waals surface area contributed by atoms with Gasteiger partial charge in [-0.15, -0.1) is 0 Å². The number of aryl methyl sites for hydroxylation is 2. The monoisotopic (exact) mass is 304 g/mol. The minimum Gasteiger partial charge on any atom is -0.398 e. The SMILES string of the molecule is Cc1ccc(S(=O)(=O)NCCc2ccccc2C)c(N)c1. The standard InChI is InChI=1S/C16H20N2O2S/c1-12-7-8-16(15(17)11-12)21(19,20)18-10-9-14-6-4-3-5-13(14)2/h3-8,11,18H,9-10,17H2,1-2H3. The Hall–Kier alpha value is -1.85. The summed E-state index contributed by atoms with van der Waals surface area (Å²) in [5.74, 6) is 0. The molecule has 0 aliphatic carbocycles. The van der Waals surface area contributed by atoms with Crippen LogP contribution in [-0.2, 0) is 16.4 Å². The Balaban J connectivity index is 2.07. The van der Waals surface area contributed by atoms with E-state index in [4.69, 9.17) is 5.73 Å². The molecule has 0 amide bonds. The molecule has 2 rings (SSSR count). The smallest absolute Gasteiger partial charge is 0.242 e. The van der Waals surface area contributed by atoms with Crippen molar-refractivity contribution in [3.8, 4) is 0 Å². The molecular formula is C16H20N2O2S. The van der Waals surface area contributed by atoms with Crippen LogP contribution in [0, 0.1) is 13.8 Å². The van der Waals surface area contributed by atoms with Gasteiger partial charge >= 0.3 is 0 Å². The maximum absolute atomic E-state index is 12.2. The van der Waals surface area contributed by atoms with E-state index in [0.29, 0.717) is 13.0 Å². The summed E-state index contributed by atoms with van der Waals surface area (Å²) in [6.07, 6.45) is 0.650. The van der Waals surface area contributed by atoms with Crippen molar-refractivity contribution in [3.63, 3.8) is 0 Å². The lowest BCUT2D eigenvalue weighted by Gasteiger charge is -2.10. The first-order valence-corrected chi connectivity index (χ1v) is 8.29. The normalized spacial score (nSPS) is 11.5. The summed E-state index contributed by atoms with van der Waals surface area (Å²) in [6.45, 7) is 4.24. The van der Waals surface area contributed by atoms with Crippen molar-refractivity contribution in [1.29, 1.82) is 0 Å². The second kappa shape index (κ2) is 6.28. The Bertz CT molecular complexity index is 740. The summed E-state index contributed by atoms with van der Waals surface area (Å²) in [4.78, 5) is 0.137. The lowest BCUT2D eigenvalue weighted by molar-refractivity contribution is 0.582. The van der Waals surface area contributed by atoms with Gasteiger partial charge in [-0.05, 0) is 49.1 Å². The van der Waals surface area contributed by atoms with Gasteiger partial charge in [-0.25, -0.2) is 13.1 Å². The van der Waals surface area contributed by atoms with Crippen LogP contribution in [0.5, 0.6) is 0 Å². The molecule has 2 aromatic rings. The molecular weight excluding hydrogens is 284 g/mol. The predicted molar refractivity (Wildman–Crippen MR) is 85.7 cm³/mol. The Morgan fingerprint density at radius 1 is 1.10 bits per heavy atom. The van der Waals surface area contributed by atoms with Gasteiger partial charge in [0.2, 0.25) is 10.0 Å². The van der Waals surface area contributed by atoms with Gasteiger partial charge in [0.1, 0.15) is 4.90 Å². The first-order chi connectivity index (χ1) is 9.90. The number of nitrogen functional groups attached to an aromatic ring is 1. The molecule has 21 heavy (non-hydrogen) atoms. The van der Waals surface area contributed by atoms with Gasteiger partial charge in [-0.1, -0.05) is 30.3 Å². The van der Waals surface area contributed by atoms with Gasteiger partial charge in [-0.3, -0.25) is 0 Å². The molecule has 0 radical (unpaired) electrons. The van der Waals surface area contributed by atoms with Crippen molar-refractivity contribution in [2.24, 2.45) is 0 Å². The highest BCUT2D eigenvalue weighted by atomic mass is 32.2. The second-order valence-electron chi connectivity index (χ2n) is 5.12. The van der Waals surface area contributed by atoms with E-state index in [1.54, 1.807) is 18.2 Å². The number of benzene rings is 2. The van der Waals surface area contributed by atoms with E-state index in [9.17, 15) is 8.42 Å². The Morgan fingerprint density at radius 2 is 1.81 bits per heavy atom. The summed E-state index contributed by atoms with van der Waals surface area (Å²) in [7, 11) is -3.57. The largest absolute Gasteiger partial charge is 0.398 e. The minimum absolute atomic E-state index is 0.137. The fourth-order valence-corrected chi connectivity index (χ4v) is 3.34. The van der Waals surface area contributed by atoms with E-state index in [-0.39, 0.29) is 10.6 Å². The lowest BCUT2D eigenvalue weighted by atomic mass is 10.1. The number of nitrogens with one attached hydrogen (secondary N) is 1. The van der Waals surface area contributed by atoms with E-state index >= 15 is 0 Å². The Kier molecular flexibility index (Phi) is 4.65. The van der Waals surface area contributed by atoms with Crippen LogP contribution in [-0.4, -0.2) is 15.0 Å². The summed E-state index contributed by atoms with van der Waals surface area (Å²) in [6, 6.07) is 12.9. The summed E-state index contributed by atoms with van der Waals surface area (Å²) in [5, 5.41) is 0. The van der Waals surface area contributed by atoms with Gasteiger partial charge in [0.25, 0.3) is 0 Å². The number of anilines is 1. The predicted octanol–water partition coefficient (Wildman–Crippen LogP) is 2.41. The van der Waals surface area contributed by atoms with Gasteiger partial charge < -0.3 is 5.73 Å². The molecule has 0 spiro atoms. The highest BCUT2D eigenvalue weighted by molar-refractivity contribution is 7.89. The Morgan fingerprint density at radius 3 is 2.48 bits per heavy atom. The van der Waals surface area contributed by atoms with Gasteiger partial charge in [0.15, 0.2) is 0 Å². The average Bonchev–Trinajstić information content (AvgIpc) is 2.40. The molecule has 4 nitrogen and oxygen atoms in total. The van der Waals surface area contributed by atoms with Crippen LogP contribution < -0.4 is 10.5 Å². The number of hydrogen-bond donors (Lipinski definition) is 2. The van der Waals surface area contributed by atoms with E-state index in [0.717, 1.165) is 16.7 Å². The van der Waals surface area contributed by atoms with E-state index in [2.05, 4.69) is 4.72 Å². The third kappa shape index (κ3) is 3.83. The van der Waals surface area contributed by atoms with Crippen molar-refractivity contribution in [2.75, 3.05) is 12.3 Å². The van der Waals surface area contributed by atoms with Crippen LogP contribution in [0.15, 0.2) is 47.4 Å². The third-order valence-electron chi connectivity index (χ3n) is 3.40. The molecule has 0 saturated carbocycles. The summed E-state index contributed by atoms with van der Waals surface area (Å²) < 4.78 is 27.1. The molecule has 0 fully saturated rings. The maximum Gasteiger partial charge on any atom is 0.242 e. The average molecular weight is 304 g/mol. The first-order valence-electron chi connectivity index (χ1n) is 6.80. The topological polar surface area (TPSA) is 72.2 Å². The van der Waals surface area contributed by atoms with Crippen LogP contribution in [0.4, 0.5) is 5.69 Å². The van der Waals surface area contributed by atoms with Crippen molar-refractivity contribution in [1.82, 2.24) is 4.72 Å². The summed E-state index contributed by atoms with van der Waals surface area (Å²) in [5.41, 5.74) is 9.30. The van der Waals surface area contributed by atoms with Crippen molar-refractivity contribution in [3.05, 3.63) is 59.2 Å². The lowest BCUT2D eigenvalue weighted by Crippen LogP contribution is -2.26. The van der Waals surface area contributed by atoms with Crippen LogP contribution in [0.2, 0.25) is 0 Å². The van der Waals surface area contributed by atoms with E-state index < -0.39 is 10.0 Å². The molecule has 0 aliphatic rings. The zero-order chi connectivity index (χ0) is 15.5. The summed E-state index contributed by atoms with van der Waals surface area (Å²) >= 11 is 0. The molecule has 0 unspecified atom stereocenters. The zero-order valence-corrected chi connectivity index (χ0v) is 13.1. The highest BCUT2D eigenvalue weighted by Gasteiger charge is 2.16. The van der Waals surface area contributed by atoms with Crippen LogP contribution >= 0.6 is 0 Å². The second-order valence-corrected chi connectivity index (χ2v) is 6.85. The van der Waals surface area contributed by atoms with Crippen molar-refractivity contribution < 1.29 is 8.42 Å². The van der Waals surface area contributed by atoms with Crippen LogP contribution in [0.3, 0.4) is 0 Å². The fraction of sp³-hybridized carbons (Fsp3) is 0.250. The fourth-order valence-electron chi connectivity index (χ4n) is 2.20. The number of hydrogen-bond acceptors (Lipinski definition) is 3. The van der Waals surface area contributed by atoms with Gasteiger partial charge in [-0.2, -0.15) is 0 Å². The highest BCUT2D eigenvalue weighted by Crippen LogP contribution is 2.19.